The summed E-state index contributed by atoms with van der Waals surface area (Å²) < 4.78 is 6.29. The molecule has 2 aliphatic rings. The molecular weight excluding hydrogens is 332 g/mol. The van der Waals surface area contributed by atoms with Crippen molar-refractivity contribution in [3.8, 4) is 58.9 Å². The molecule has 2 atom stereocenters. The van der Waals surface area contributed by atoms with Crippen molar-refractivity contribution in [2.75, 3.05) is 0 Å². The molecule has 1 aliphatic carbocycles. The van der Waals surface area contributed by atoms with Crippen LogP contribution in [0.4, 0.5) is 0 Å². The molecular formula is C25H22O2. The van der Waals surface area contributed by atoms with Crippen molar-refractivity contribution < 1.29 is 9.84 Å². The number of ether oxygens (including phenoxy) is 1. The van der Waals surface area contributed by atoms with Gasteiger partial charge in [-0.1, -0.05) is 23.5 Å². The third-order valence-electron chi connectivity index (χ3n) is 5.11. The lowest BCUT2D eigenvalue weighted by molar-refractivity contribution is 0.0108. The fourth-order valence-electron chi connectivity index (χ4n) is 3.89. The Labute approximate surface area is 162 Å². The standard InChI is InChI=1S/C25H22O2/c1-5-6-7-8-9-10-11-12-19-16-22(26)24-20-15-18(2)13-14-21(20)25(3,4)27-23(24)17-19/h15-17,20-21,26H,13-14H2,1-4H3. The summed E-state index contributed by atoms with van der Waals surface area (Å²) in [5, 5.41) is 10.7. The van der Waals surface area contributed by atoms with E-state index >= 15 is 0 Å². The molecule has 0 amide bonds. The summed E-state index contributed by atoms with van der Waals surface area (Å²) in [4.78, 5) is 0. The van der Waals surface area contributed by atoms with Gasteiger partial charge in [0, 0.05) is 23.0 Å². The van der Waals surface area contributed by atoms with Gasteiger partial charge in [0.2, 0.25) is 0 Å². The van der Waals surface area contributed by atoms with Crippen molar-refractivity contribution in [2.45, 2.75) is 52.1 Å². The minimum absolute atomic E-state index is 0.175. The number of allylic oxidation sites excluding steroid dienone is 2. The Morgan fingerprint density at radius 1 is 1.07 bits per heavy atom. The first kappa shape index (κ1) is 18.6. The Kier molecular flexibility index (Phi) is 5.22. The monoisotopic (exact) mass is 354 g/mol. The van der Waals surface area contributed by atoms with Gasteiger partial charge in [-0.05, 0) is 88.2 Å². The third kappa shape index (κ3) is 3.98. The average molecular weight is 354 g/mol. The van der Waals surface area contributed by atoms with Crippen LogP contribution in [0, 0.1) is 53.3 Å². The highest BCUT2D eigenvalue weighted by molar-refractivity contribution is 5.57. The lowest BCUT2D eigenvalue weighted by atomic mass is 9.68. The first-order valence-electron chi connectivity index (χ1n) is 9.08. The van der Waals surface area contributed by atoms with Gasteiger partial charge in [-0.25, -0.2) is 0 Å². The Balaban J connectivity index is 1.96. The van der Waals surface area contributed by atoms with Gasteiger partial charge in [-0.2, -0.15) is 0 Å². The first-order valence-corrected chi connectivity index (χ1v) is 9.08. The molecule has 2 heteroatoms. The predicted molar refractivity (Wildman–Crippen MR) is 108 cm³/mol. The van der Waals surface area contributed by atoms with Gasteiger partial charge in [0.05, 0.1) is 0 Å². The maximum Gasteiger partial charge on any atom is 0.128 e. The average Bonchev–Trinajstić information content (AvgIpc) is 2.59. The zero-order chi connectivity index (χ0) is 19.4. The van der Waals surface area contributed by atoms with Crippen LogP contribution >= 0.6 is 0 Å². The third-order valence-corrected chi connectivity index (χ3v) is 5.11. The van der Waals surface area contributed by atoms with E-state index in [9.17, 15) is 5.11 Å². The summed E-state index contributed by atoms with van der Waals surface area (Å²) in [6.45, 7) is 8.13. The van der Waals surface area contributed by atoms with E-state index in [-0.39, 0.29) is 17.3 Å². The lowest BCUT2D eigenvalue weighted by Crippen LogP contribution is -2.45. The quantitative estimate of drug-likeness (QED) is 0.553. The van der Waals surface area contributed by atoms with E-state index in [1.54, 1.807) is 13.0 Å². The minimum atomic E-state index is -0.289. The van der Waals surface area contributed by atoms with Crippen LogP contribution in [0.5, 0.6) is 11.5 Å². The highest BCUT2D eigenvalue weighted by atomic mass is 16.5. The largest absolute Gasteiger partial charge is 0.507 e. The minimum Gasteiger partial charge on any atom is -0.507 e. The van der Waals surface area contributed by atoms with Crippen molar-refractivity contribution in [2.24, 2.45) is 5.92 Å². The zero-order valence-corrected chi connectivity index (χ0v) is 16.2. The molecule has 2 unspecified atom stereocenters. The summed E-state index contributed by atoms with van der Waals surface area (Å²) >= 11 is 0. The molecule has 2 nitrogen and oxygen atoms in total. The van der Waals surface area contributed by atoms with Gasteiger partial charge in [-0.15, -0.1) is 0 Å². The summed E-state index contributed by atoms with van der Waals surface area (Å²) in [6, 6.07) is 3.59. The molecule has 1 heterocycles. The van der Waals surface area contributed by atoms with Gasteiger partial charge < -0.3 is 9.84 Å². The van der Waals surface area contributed by atoms with Crippen LogP contribution < -0.4 is 4.74 Å². The van der Waals surface area contributed by atoms with Crippen LogP contribution in [0.2, 0.25) is 0 Å². The second-order valence-electron chi connectivity index (χ2n) is 7.42. The van der Waals surface area contributed by atoms with Crippen molar-refractivity contribution in [1.29, 1.82) is 0 Å². The molecule has 1 aromatic rings. The van der Waals surface area contributed by atoms with E-state index in [0.29, 0.717) is 17.2 Å². The molecule has 1 aliphatic heterocycles. The number of hydrogen-bond donors (Lipinski definition) is 1. The molecule has 0 radical (unpaired) electrons. The molecule has 0 aromatic heterocycles. The van der Waals surface area contributed by atoms with Crippen LogP contribution in [-0.2, 0) is 0 Å². The molecule has 27 heavy (non-hydrogen) atoms. The normalized spacial score (nSPS) is 20.8. The van der Waals surface area contributed by atoms with Crippen molar-refractivity contribution in [1.82, 2.24) is 0 Å². The Morgan fingerprint density at radius 3 is 2.52 bits per heavy atom. The fourth-order valence-corrected chi connectivity index (χ4v) is 3.89. The number of phenols is 1. The van der Waals surface area contributed by atoms with E-state index in [4.69, 9.17) is 4.74 Å². The van der Waals surface area contributed by atoms with E-state index in [1.165, 1.54) is 5.57 Å². The summed E-state index contributed by atoms with van der Waals surface area (Å²) in [5.41, 5.74) is 2.63. The van der Waals surface area contributed by atoms with Crippen molar-refractivity contribution in [3.63, 3.8) is 0 Å². The molecule has 134 valence electrons. The summed E-state index contributed by atoms with van der Waals surface area (Å²) in [6.07, 6.45) is 4.43. The second kappa shape index (κ2) is 7.58. The van der Waals surface area contributed by atoms with E-state index in [0.717, 1.165) is 18.4 Å². The molecule has 1 aromatic carbocycles. The topological polar surface area (TPSA) is 29.5 Å². The molecule has 1 N–H and O–H groups in total. The second-order valence-corrected chi connectivity index (χ2v) is 7.42. The van der Waals surface area contributed by atoms with Crippen molar-refractivity contribution in [3.05, 3.63) is 34.9 Å². The SMILES string of the molecule is CC#CC#CC#CC#Cc1cc(O)c2c(c1)OC(C)(C)C1CCC(C)=CC21. The Bertz CT molecular complexity index is 1040. The molecule has 0 saturated heterocycles. The number of phenolic OH excluding ortho intramolecular Hbond substituents is 1. The van der Waals surface area contributed by atoms with Gasteiger partial charge in [-0.3, -0.25) is 0 Å². The molecule has 0 bridgehead atoms. The van der Waals surface area contributed by atoms with Gasteiger partial charge in [0.15, 0.2) is 0 Å². The van der Waals surface area contributed by atoms with Crippen LogP contribution in [0.25, 0.3) is 0 Å². The van der Waals surface area contributed by atoms with Crippen LogP contribution in [0.3, 0.4) is 0 Å². The van der Waals surface area contributed by atoms with Gasteiger partial charge >= 0.3 is 0 Å². The predicted octanol–water partition coefficient (Wildman–Crippen LogP) is 4.38. The molecule has 3 rings (SSSR count). The maximum absolute atomic E-state index is 10.7. The number of fused-ring (bicyclic) bond motifs is 3. The van der Waals surface area contributed by atoms with Crippen LogP contribution in [-0.4, -0.2) is 10.7 Å². The number of hydrogen-bond acceptors (Lipinski definition) is 2. The summed E-state index contributed by atoms with van der Waals surface area (Å²) in [5.74, 6) is 23.0. The van der Waals surface area contributed by atoms with Crippen LogP contribution in [0.15, 0.2) is 23.8 Å². The van der Waals surface area contributed by atoms with E-state index in [1.807, 2.05) is 6.07 Å². The van der Waals surface area contributed by atoms with Gasteiger partial charge in [0.1, 0.15) is 17.1 Å². The van der Waals surface area contributed by atoms with Crippen molar-refractivity contribution >= 4 is 0 Å². The smallest absolute Gasteiger partial charge is 0.128 e. The zero-order valence-electron chi connectivity index (χ0n) is 16.2. The van der Waals surface area contributed by atoms with Crippen LogP contribution in [0.1, 0.15) is 57.6 Å². The Morgan fingerprint density at radius 2 is 1.78 bits per heavy atom. The molecule has 0 saturated carbocycles. The highest BCUT2D eigenvalue weighted by Gasteiger charge is 2.45. The van der Waals surface area contributed by atoms with E-state index < -0.39 is 0 Å². The Hall–Kier alpha value is -3.20. The fraction of sp³-hybridized carbons (Fsp3) is 0.360. The number of benzene rings is 1. The number of aromatic hydroxyl groups is 1. The lowest BCUT2D eigenvalue weighted by Gasteiger charge is -2.46. The molecule has 0 fully saturated rings. The van der Waals surface area contributed by atoms with E-state index in [2.05, 4.69) is 74.2 Å². The maximum atomic E-state index is 10.7. The first-order chi connectivity index (χ1) is 12.9. The molecule has 0 spiro atoms. The van der Waals surface area contributed by atoms with Gasteiger partial charge in [0.25, 0.3) is 0 Å². The summed E-state index contributed by atoms with van der Waals surface area (Å²) in [7, 11) is 0. The number of rotatable bonds is 0. The highest BCUT2D eigenvalue weighted by Crippen LogP contribution is 2.53.